The zero-order valence-electron chi connectivity index (χ0n) is 25.4. The molecule has 0 bridgehead atoms. The van der Waals surface area contributed by atoms with Gasteiger partial charge in [-0.05, 0) is 78.6 Å². The normalized spacial score (nSPS) is 10.3. The third-order valence-electron chi connectivity index (χ3n) is 6.05. The third-order valence-corrected chi connectivity index (χ3v) is 6.05. The lowest BCUT2D eigenvalue weighted by Gasteiger charge is -2.12. The number of carbonyl (C=O) groups excluding carboxylic acids is 5. The molecule has 10 heteroatoms. The molecular formula is C35H34O10. The fourth-order valence-electron chi connectivity index (χ4n) is 3.68. The highest BCUT2D eigenvalue weighted by Gasteiger charge is 2.13. The zero-order chi connectivity index (χ0) is 32.9. The molecule has 0 fully saturated rings. The molecule has 0 amide bonds. The van der Waals surface area contributed by atoms with Crippen LogP contribution in [0.4, 0.5) is 0 Å². The number of esters is 5. The van der Waals surface area contributed by atoms with Gasteiger partial charge in [-0.25, -0.2) is 9.59 Å². The van der Waals surface area contributed by atoms with Crippen LogP contribution in [0.1, 0.15) is 40.0 Å². The molecule has 0 spiro atoms. The summed E-state index contributed by atoms with van der Waals surface area (Å²) in [6.07, 6.45) is 0.0345. The topological polar surface area (TPSA) is 132 Å². The van der Waals surface area contributed by atoms with Gasteiger partial charge in [-0.3, -0.25) is 14.4 Å². The van der Waals surface area contributed by atoms with Crippen LogP contribution >= 0.6 is 0 Å². The number of carbonyl (C=O) groups is 5. The van der Waals surface area contributed by atoms with Gasteiger partial charge in [0.05, 0.1) is 12.8 Å². The molecule has 0 aliphatic carbocycles. The molecule has 3 aromatic rings. The second-order valence-corrected chi connectivity index (χ2v) is 9.90. The maximum absolute atomic E-state index is 12.3. The summed E-state index contributed by atoms with van der Waals surface area (Å²) in [5.41, 5.74) is 3.38. The van der Waals surface area contributed by atoms with Crippen molar-refractivity contribution in [2.24, 2.45) is 0 Å². The van der Waals surface area contributed by atoms with Gasteiger partial charge < -0.3 is 23.7 Å². The van der Waals surface area contributed by atoms with Crippen molar-refractivity contribution in [3.8, 4) is 39.5 Å². The Morgan fingerprint density at radius 2 is 0.978 bits per heavy atom. The number of hydrogen-bond acceptors (Lipinski definition) is 10. The van der Waals surface area contributed by atoms with Gasteiger partial charge in [0.1, 0.15) is 30.5 Å². The van der Waals surface area contributed by atoms with Crippen LogP contribution in [0.15, 0.2) is 91.0 Å². The van der Waals surface area contributed by atoms with Crippen molar-refractivity contribution >= 4 is 29.8 Å². The summed E-state index contributed by atoms with van der Waals surface area (Å²) in [7, 11) is 0. The molecule has 0 unspecified atom stereocenters. The van der Waals surface area contributed by atoms with Crippen LogP contribution in [-0.2, 0) is 33.4 Å². The summed E-state index contributed by atoms with van der Waals surface area (Å²) < 4.78 is 26.0. The third kappa shape index (κ3) is 10.9. The van der Waals surface area contributed by atoms with Gasteiger partial charge >= 0.3 is 29.8 Å². The van der Waals surface area contributed by atoms with Gasteiger partial charge in [0, 0.05) is 17.6 Å². The number of benzene rings is 3. The molecule has 0 saturated heterocycles. The lowest BCUT2D eigenvalue weighted by Crippen LogP contribution is -2.14. The lowest BCUT2D eigenvalue weighted by molar-refractivity contribution is -0.146. The van der Waals surface area contributed by atoms with Crippen molar-refractivity contribution in [3.05, 3.63) is 91.0 Å². The molecule has 3 aromatic carbocycles. The smallest absolute Gasteiger partial charge is 0.338 e. The minimum absolute atomic E-state index is 0.0571. The summed E-state index contributed by atoms with van der Waals surface area (Å²) in [6.45, 7) is 11.7. The Labute approximate surface area is 261 Å². The number of ether oxygens (including phenoxy) is 5. The minimum atomic E-state index is -0.582. The fourth-order valence-corrected chi connectivity index (χ4v) is 3.68. The van der Waals surface area contributed by atoms with Gasteiger partial charge in [-0.2, -0.15) is 0 Å². The van der Waals surface area contributed by atoms with Gasteiger partial charge in [-0.1, -0.05) is 44.3 Å². The van der Waals surface area contributed by atoms with E-state index < -0.39 is 29.8 Å². The highest BCUT2D eigenvalue weighted by molar-refractivity contribution is 5.89. The van der Waals surface area contributed by atoms with Gasteiger partial charge in [0.15, 0.2) is 0 Å². The van der Waals surface area contributed by atoms with E-state index in [1.807, 2.05) is 6.07 Å². The fraction of sp³-hybridized carbons (Fsp3) is 0.229. The molecule has 45 heavy (non-hydrogen) atoms. The van der Waals surface area contributed by atoms with Crippen molar-refractivity contribution in [1.82, 2.24) is 0 Å². The summed E-state index contributed by atoms with van der Waals surface area (Å²) in [4.78, 5) is 59.2. The molecule has 234 valence electrons. The van der Waals surface area contributed by atoms with E-state index in [-0.39, 0.29) is 49.4 Å². The van der Waals surface area contributed by atoms with Crippen LogP contribution in [0.5, 0.6) is 17.2 Å². The molecule has 0 saturated carbocycles. The molecule has 10 nitrogen and oxygen atoms in total. The zero-order valence-corrected chi connectivity index (χ0v) is 25.4. The van der Waals surface area contributed by atoms with Crippen molar-refractivity contribution in [3.63, 3.8) is 0 Å². The van der Waals surface area contributed by atoms with E-state index in [9.17, 15) is 24.0 Å². The highest BCUT2D eigenvalue weighted by Crippen LogP contribution is 2.33. The Hall–Kier alpha value is -5.51. The van der Waals surface area contributed by atoms with Crippen LogP contribution < -0.4 is 14.2 Å². The van der Waals surface area contributed by atoms with Crippen molar-refractivity contribution in [2.45, 2.75) is 40.0 Å². The van der Waals surface area contributed by atoms with E-state index in [1.54, 1.807) is 74.5 Å². The Bertz CT molecular complexity index is 1580. The van der Waals surface area contributed by atoms with Gasteiger partial charge in [-0.15, -0.1) is 0 Å². The average Bonchev–Trinajstić information content (AvgIpc) is 3.01. The summed E-state index contributed by atoms with van der Waals surface area (Å²) in [6, 6.07) is 18.8. The standard InChI is InChI=1S/C35H34O10/c1-6-31(36)41-17-15-32(37)43-28-11-7-24(8-12-28)26-19-27(21-30(20-26)45-35(40)23(4)5)25-9-13-29(14-10-25)44-33(38)16-18-42-34(39)22(2)3/h7-14,19-21H,2,4,6,15-18H2,1,3,5H3. The summed E-state index contributed by atoms with van der Waals surface area (Å²) in [5.74, 6) is -1.76. The first kappa shape index (κ1) is 34.0. The van der Waals surface area contributed by atoms with Crippen molar-refractivity contribution < 1.29 is 47.7 Å². The summed E-state index contributed by atoms with van der Waals surface area (Å²) >= 11 is 0. The lowest BCUT2D eigenvalue weighted by atomic mass is 9.98. The maximum atomic E-state index is 12.3. The molecule has 0 N–H and O–H groups in total. The van der Waals surface area contributed by atoms with E-state index in [0.29, 0.717) is 22.6 Å². The minimum Gasteiger partial charge on any atom is -0.465 e. The van der Waals surface area contributed by atoms with Crippen LogP contribution in [0.2, 0.25) is 0 Å². The van der Waals surface area contributed by atoms with E-state index in [2.05, 4.69) is 13.2 Å². The van der Waals surface area contributed by atoms with Crippen LogP contribution in [0.25, 0.3) is 22.3 Å². The Morgan fingerprint density at radius 3 is 1.40 bits per heavy atom. The average molecular weight is 615 g/mol. The Kier molecular flexibility index (Phi) is 12.4. The van der Waals surface area contributed by atoms with Crippen molar-refractivity contribution in [2.75, 3.05) is 13.2 Å². The molecule has 0 aromatic heterocycles. The molecule has 0 radical (unpaired) electrons. The molecule has 0 heterocycles. The van der Waals surface area contributed by atoms with Gasteiger partial charge in [0.2, 0.25) is 0 Å². The number of hydrogen-bond donors (Lipinski definition) is 0. The Balaban J connectivity index is 1.76. The first-order valence-corrected chi connectivity index (χ1v) is 14.1. The number of rotatable bonds is 14. The first-order chi connectivity index (χ1) is 21.4. The monoisotopic (exact) mass is 614 g/mol. The summed E-state index contributed by atoms with van der Waals surface area (Å²) in [5, 5.41) is 0. The Morgan fingerprint density at radius 1 is 0.533 bits per heavy atom. The molecule has 0 atom stereocenters. The van der Waals surface area contributed by atoms with E-state index in [0.717, 1.165) is 11.1 Å². The predicted octanol–water partition coefficient (Wildman–Crippen LogP) is 6.17. The van der Waals surface area contributed by atoms with Crippen LogP contribution in [0.3, 0.4) is 0 Å². The molecule has 0 aliphatic rings. The van der Waals surface area contributed by atoms with E-state index >= 15 is 0 Å². The molecule has 0 aliphatic heterocycles. The van der Waals surface area contributed by atoms with Crippen LogP contribution in [0, 0.1) is 0 Å². The molecular weight excluding hydrogens is 580 g/mol. The highest BCUT2D eigenvalue weighted by atomic mass is 16.6. The maximum Gasteiger partial charge on any atom is 0.338 e. The van der Waals surface area contributed by atoms with E-state index in [1.165, 1.54) is 6.92 Å². The quantitative estimate of drug-likeness (QED) is 0.118. The first-order valence-electron chi connectivity index (χ1n) is 14.1. The molecule has 3 rings (SSSR count). The van der Waals surface area contributed by atoms with Crippen molar-refractivity contribution in [1.29, 1.82) is 0 Å². The van der Waals surface area contributed by atoms with Crippen LogP contribution in [-0.4, -0.2) is 43.1 Å². The largest absolute Gasteiger partial charge is 0.465 e. The predicted molar refractivity (Wildman–Crippen MR) is 165 cm³/mol. The second-order valence-electron chi connectivity index (χ2n) is 9.90. The van der Waals surface area contributed by atoms with Gasteiger partial charge in [0.25, 0.3) is 0 Å². The SMILES string of the molecule is C=C(C)C(=O)OCCC(=O)Oc1ccc(-c2cc(OC(=O)C(=C)C)cc(-c3ccc(OC(=O)CCOC(=O)CC)cc3)c2)cc1. The van der Waals surface area contributed by atoms with E-state index in [4.69, 9.17) is 23.7 Å². The second kappa shape index (κ2) is 16.4.